The second-order valence-electron chi connectivity index (χ2n) is 16.9. The van der Waals surface area contributed by atoms with Crippen LogP contribution in [0.4, 0.5) is 17.1 Å². The van der Waals surface area contributed by atoms with Gasteiger partial charge >= 0.3 is 0 Å². The Bertz CT molecular complexity index is 3610. The number of benzene rings is 11. The standard InChI is InChI=1S/C64H44N2/c1-5-18-45(19-6-1)50-25-15-29-57(43-50)65(56-37-34-48(35-38-56)54-41-52(46-20-7-2-8-21-46)40-53(42-54)47-22-9-3-10-23-47)58-30-16-26-51(44-58)60-32-17-33-61-64(60)63-59-31-14-13-24-49(59)36-39-62(63)66(61)55-27-11-4-12-28-55/h1-44H. The lowest BCUT2D eigenvalue weighted by Crippen LogP contribution is -2.10. The van der Waals surface area contributed by atoms with Crippen molar-refractivity contribution in [3.05, 3.63) is 267 Å². The third-order valence-electron chi connectivity index (χ3n) is 12.9. The minimum absolute atomic E-state index is 1.08. The predicted molar refractivity (Wildman–Crippen MR) is 280 cm³/mol. The molecule has 0 radical (unpaired) electrons. The van der Waals surface area contributed by atoms with E-state index in [4.69, 9.17) is 0 Å². The van der Waals surface area contributed by atoms with Crippen molar-refractivity contribution in [2.75, 3.05) is 4.90 Å². The molecule has 0 bridgehead atoms. The van der Waals surface area contributed by atoms with E-state index in [1.165, 1.54) is 77.1 Å². The number of rotatable bonds is 9. The minimum Gasteiger partial charge on any atom is -0.310 e. The minimum atomic E-state index is 1.08. The van der Waals surface area contributed by atoms with Gasteiger partial charge in [0.1, 0.15) is 0 Å². The third-order valence-corrected chi connectivity index (χ3v) is 12.9. The normalized spacial score (nSPS) is 11.3. The van der Waals surface area contributed by atoms with Gasteiger partial charge in [0.25, 0.3) is 0 Å². The molecule has 12 aromatic rings. The van der Waals surface area contributed by atoms with Crippen molar-refractivity contribution in [1.29, 1.82) is 0 Å². The Labute approximate surface area is 385 Å². The van der Waals surface area contributed by atoms with Crippen molar-refractivity contribution in [1.82, 2.24) is 4.57 Å². The van der Waals surface area contributed by atoms with Gasteiger partial charge in [0.2, 0.25) is 0 Å². The van der Waals surface area contributed by atoms with Crippen LogP contribution in [-0.2, 0) is 0 Å². The molecule has 0 atom stereocenters. The summed E-state index contributed by atoms with van der Waals surface area (Å²) < 4.78 is 2.42. The first-order valence-corrected chi connectivity index (χ1v) is 22.7. The van der Waals surface area contributed by atoms with Crippen LogP contribution in [-0.4, -0.2) is 4.57 Å². The van der Waals surface area contributed by atoms with Crippen LogP contribution in [0.25, 0.3) is 93.9 Å². The average Bonchev–Trinajstić information content (AvgIpc) is 3.75. The van der Waals surface area contributed by atoms with Crippen LogP contribution in [0.5, 0.6) is 0 Å². The first-order valence-electron chi connectivity index (χ1n) is 22.7. The van der Waals surface area contributed by atoms with E-state index in [-0.39, 0.29) is 0 Å². The van der Waals surface area contributed by atoms with Gasteiger partial charge in [0.15, 0.2) is 0 Å². The lowest BCUT2D eigenvalue weighted by atomic mass is 9.93. The highest BCUT2D eigenvalue weighted by Crippen LogP contribution is 2.44. The molecule has 1 heterocycles. The Kier molecular flexibility index (Phi) is 9.89. The molecule has 0 N–H and O–H groups in total. The van der Waals surface area contributed by atoms with Gasteiger partial charge in [-0.3, -0.25) is 0 Å². The van der Waals surface area contributed by atoms with Gasteiger partial charge in [-0.05, 0) is 145 Å². The molecule has 0 aliphatic carbocycles. The molecule has 310 valence electrons. The van der Waals surface area contributed by atoms with E-state index in [1.54, 1.807) is 0 Å². The molecular formula is C64H44N2. The Balaban J connectivity index is 1.02. The molecule has 0 aliphatic rings. The molecule has 0 fully saturated rings. The van der Waals surface area contributed by atoms with E-state index in [9.17, 15) is 0 Å². The summed E-state index contributed by atoms with van der Waals surface area (Å²) in [4.78, 5) is 2.40. The van der Waals surface area contributed by atoms with Crippen LogP contribution in [0.1, 0.15) is 0 Å². The van der Waals surface area contributed by atoms with Gasteiger partial charge in [-0.25, -0.2) is 0 Å². The smallest absolute Gasteiger partial charge is 0.0547 e. The molecule has 12 rings (SSSR count). The van der Waals surface area contributed by atoms with Crippen LogP contribution in [0.2, 0.25) is 0 Å². The summed E-state index contributed by atoms with van der Waals surface area (Å²) in [6, 6.07) is 96.9. The molecule has 0 unspecified atom stereocenters. The van der Waals surface area contributed by atoms with Gasteiger partial charge in [-0.1, -0.05) is 188 Å². The SMILES string of the molecule is c1ccc(-c2cc(-c3ccccc3)cc(-c3ccc(N(c4cccc(-c5ccccc5)c4)c4cccc(-c5cccc6c5c5c7ccccc7ccc5n6-c5ccccc5)c4)cc3)c2)cc1. The second-order valence-corrected chi connectivity index (χ2v) is 16.9. The number of fused-ring (bicyclic) bond motifs is 5. The lowest BCUT2D eigenvalue weighted by molar-refractivity contribution is 1.18. The molecular weight excluding hydrogens is 797 g/mol. The zero-order chi connectivity index (χ0) is 43.8. The van der Waals surface area contributed by atoms with Gasteiger partial charge in [0.05, 0.1) is 11.0 Å². The molecule has 0 aliphatic heterocycles. The van der Waals surface area contributed by atoms with Gasteiger partial charge < -0.3 is 9.47 Å². The summed E-state index contributed by atoms with van der Waals surface area (Å²) in [5.74, 6) is 0. The zero-order valence-electron chi connectivity index (χ0n) is 36.3. The summed E-state index contributed by atoms with van der Waals surface area (Å²) in [5, 5.41) is 5.00. The molecule has 0 spiro atoms. The highest BCUT2D eigenvalue weighted by molar-refractivity contribution is 6.25. The first kappa shape index (κ1) is 38.9. The Morgan fingerprint density at radius 1 is 0.258 bits per heavy atom. The Morgan fingerprint density at radius 2 is 0.727 bits per heavy atom. The van der Waals surface area contributed by atoms with E-state index >= 15 is 0 Å². The van der Waals surface area contributed by atoms with Crippen molar-refractivity contribution < 1.29 is 0 Å². The molecule has 0 amide bonds. The fourth-order valence-electron chi connectivity index (χ4n) is 9.83. The van der Waals surface area contributed by atoms with Gasteiger partial charge in [0, 0.05) is 33.5 Å². The second kappa shape index (κ2) is 16.8. The van der Waals surface area contributed by atoms with Crippen molar-refractivity contribution in [2.24, 2.45) is 0 Å². The highest BCUT2D eigenvalue weighted by Gasteiger charge is 2.20. The number of para-hydroxylation sites is 1. The van der Waals surface area contributed by atoms with E-state index < -0.39 is 0 Å². The Hall–Kier alpha value is -8.72. The van der Waals surface area contributed by atoms with Gasteiger partial charge in [-0.2, -0.15) is 0 Å². The van der Waals surface area contributed by atoms with Crippen molar-refractivity contribution >= 4 is 49.6 Å². The fourth-order valence-corrected chi connectivity index (χ4v) is 9.83. The van der Waals surface area contributed by atoms with E-state index in [0.29, 0.717) is 0 Å². The van der Waals surface area contributed by atoms with E-state index in [1.807, 2.05) is 0 Å². The van der Waals surface area contributed by atoms with Crippen LogP contribution in [0.15, 0.2) is 267 Å². The Morgan fingerprint density at radius 3 is 1.35 bits per heavy atom. The summed E-state index contributed by atoms with van der Waals surface area (Å²) >= 11 is 0. The molecule has 1 aromatic heterocycles. The van der Waals surface area contributed by atoms with Crippen LogP contribution in [0.3, 0.4) is 0 Å². The van der Waals surface area contributed by atoms with Crippen molar-refractivity contribution in [3.8, 4) is 61.3 Å². The molecule has 66 heavy (non-hydrogen) atoms. The fraction of sp³-hybridized carbons (Fsp3) is 0. The summed E-state index contributed by atoms with van der Waals surface area (Å²) in [5.41, 5.74) is 18.6. The highest BCUT2D eigenvalue weighted by atomic mass is 15.1. The molecule has 0 saturated heterocycles. The number of hydrogen-bond acceptors (Lipinski definition) is 1. The molecule has 0 saturated carbocycles. The zero-order valence-corrected chi connectivity index (χ0v) is 36.3. The number of nitrogens with zero attached hydrogens (tertiary/aromatic N) is 2. The average molecular weight is 841 g/mol. The van der Waals surface area contributed by atoms with E-state index in [2.05, 4.69) is 276 Å². The third kappa shape index (κ3) is 7.12. The van der Waals surface area contributed by atoms with Crippen LogP contribution >= 0.6 is 0 Å². The van der Waals surface area contributed by atoms with E-state index in [0.717, 1.165) is 33.9 Å². The van der Waals surface area contributed by atoms with Crippen LogP contribution in [0, 0.1) is 0 Å². The predicted octanol–water partition coefficient (Wildman–Crippen LogP) is 17.7. The molecule has 2 heteroatoms. The van der Waals surface area contributed by atoms with Crippen molar-refractivity contribution in [2.45, 2.75) is 0 Å². The van der Waals surface area contributed by atoms with Gasteiger partial charge in [-0.15, -0.1) is 0 Å². The quantitative estimate of drug-likeness (QED) is 0.141. The molecule has 11 aromatic carbocycles. The number of hydrogen-bond donors (Lipinski definition) is 0. The molecule has 2 nitrogen and oxygen atoms in total. The number of anilines is 3. The topological polar surface area (TPSA) is 8.17 Å². The number of aromatic nitrogens is 1. The summed E-state index contributed by atoms with van der Waals surface area (Å²) in [6.45, 7) is 0. The summed E-state index contributed by atoms with van der Waals surface area (Å²) in [6.07, 6.45) is 0. The lowest BCUT2D eigenvalue weighted by Gasteiger charge is -2.27. The maximum absolute atomic E-state index is 2.42. The maximum atomic E-state index is 2.42. The monoisotopic (exact) mass is 840 g/mol. The van der Waals surface area contributed by atoms with Crippen LogP contribution < -0.4 is 4.90 Å². The largest absolute Gasteiger partial charge is 0.310 e. The first-order chi connectivity index (χ1) is 32.7. The maximum Gasteiger partial charge on any atom is 0.0547 e. The summed E-state index contributed by atoms with van der Waals surface area (Å²) in [7, 11) is 0. The van der Waals surface area contributed by atoms with Crippen molar-refractivity contribution in [3.63, 3.8) is 0 Å².